The van der Waals surface area contributed by atoms with Crippen LogP contribution in [0.5, 0.6) is 0 Å². The van der Waals surface area contributed by atoms with Crippen LogP contribution >= 0.6 is 0 Å². The Kier molecular flexibility index (Phi) is 5.78. The number of ether oxygens (including phenoxy) is 1. The van der Waals surface area contributed by atoms with Crippen molar-refractivity contribution in [1.82, 2.24) is 9.88 Å². The number of nitrogens with zero attached hydrogens (tertiary/aromatic N) is 2. The monoisotopic (exact) mass is 372 g/mol. The number of carbonyl (C=O) groups is 1. The molecule has 142 valence electrons. The number of hydrogen-bond donors (Lipinski definition) is 0. The van der Waals surface area contributed by atoms with Gasteiger partial charge in [-0.2, -0.15) is 0 Å². The van der Waals surface area contributed by atoms with E-state index in [4.69, 9.17) is 4.74 Å². The predicted molar refractivity (Wildman–Crippen MR) is 109 cm³/mol. The van der Waals surface area contributed by atoms with Crippen LogP contribution in [0.4, 0.5) is 0 Å². The first kappa shape index (κ1) is 18.4. The van der Waals surface area contributed by atoms with Gasteiger partial charge in [0.15, 0.2) is 0 Å². The van der Waals surface area contributed by atoms with Gasteiger partial charge in [-0.25, -0.2) is 0 Å². The second-order valence-electron chi connectivity index (χ2n) is 7.10. The Bertz CT molecular complexity index is 906. The van der Waals surface area contributed by atoms with E-state index >= 15 is 0 Å². The molecule has 1 aliphatic heterocycles. The van der Waals surface area contributed by atoms with Gasteiger partial charge in [-0.05, 0) is 35.2 Å². The van der Waals surface area contributed by atoms with E-state index in [2.05, 4.69) is 29.2 Å². The van der Waals surface area contributed by atoms with Crippen molar-refractivity contribution in [2.45, 2.75) is 19.5 Å². The lowest BCUT2D eigenvalue weighted by molar-refractivity contribution is -0.136. The zero-order chi connectivity index (χ0) is 19.2. The third-order valence-corrected chi connectivity index (χ3v) is 5.13. The molecule has 28 heavy (non-hydrogen) atoms. The van der Waals surface area contributed by atoms with Crippen LogP contribution in [0.1, 0.15) is 17.7 Å². The van der Waals surface area contributed by atoms with Crippen molar-refractivity contribution >= 4 is 5.91 Å². The van der Waals surface area contributed by atoms with Crippen molar-refractivity contribution in [3.05, 3.63) is 90.3 Å². The van der Waals surface area contributed by atoms with Gasteiger partial charge in [0.2, 0.25) is 5.91 Å². The summed E-state index contributed by atoms with van der Waals surface area (Å²) < 4.78 is 5.46. The Labute approximate surface area is 165 Å². The third kappa shape index (κ3) is 4.29. The molecule has 1 atom stereocenters. The molecule has 4 nitrogen and oxygen atoms in total. The highest BCUT2D eigenvalue weighted by molar-refractivity contribution is 5.79. The van der Waals surface area contributed by atoms with Crippen LogP contribution in [0.2, 0.25) is 0 Å². The summed E-state index contributed by atoms with van der Waals surface area (Å²) in [5.74, 6) is 0.0821. The standard InChI is InChI=1S/C24H24N2O2/c27-24(21-13-15-28-18-21)26(17-22-11-6-7-14-25-22)16-20-10-4-5-12-23(20)19-8-2-1-3-9-19/h1-12,14,21H,13,15-18H2/t21-/m1/s1. The lowest BCUT2D eigenvalue weighted by Crippen LogP contribution is -2.36. The van der Waals surface area contributed by atoms with Crippen molar-refractivity contribution < 1.29 is 9.53 Å². The summed E-state index contributed by atoms with van der Waals surface area (Å²) in [7, 11) is 0. The molecule has 2 aromatic carbocycles. The van der Waals surface area contributed by atoms with Gasteiger partial charge in [0, 0.05) is 19.3 Å². The van der Waals surface area contributed by atoms with Crippen molar-refractivity contribution in [1.29, 1.82) is 0 Å². The second kappa shape index (κ2) is 8.81. The average Bonchev–Trinajstić information content (AvgIpc) is 3.29. The van der Waals surface area contributed by atoms with Gasteiger partial charge in [0.1, 0.15) is 0 Å². The Balaban J connectivity index is 1.63. The molecular formula is C24H24N2O2. The highest BCUT2D eigenvalue weighted by Crippen LogP contribution is 2.26. The molecule has 0 spiro atoms. The maximum atomic E-state index is 13.2. The third-order valence-electron chi connectivity index (χ3n) is 5.13. The molecule has 0 radical (unpaired) electrons. The summed E-state index contributed by atoms with van der Waals surface area (Å²) in [6.07, 6.45) is 2.56. The fourth-order valence-corrected chi connectivity index (χ4v) is 3.65. The van der Waals surface area contributed by atoms with Crippen LogP contribution in [-0.4, -0.2) is 29.0 Å². The molecule has 1 amide bonds. The van der Waals surface area contributed by atoms with Crippen molar-refractivity contribution in [3.8, 4) is 11.1 Å². The first-order valence-corrected chi connectivity index (χ1v) is 9.71. The molecule has 1 fully saturated rings. The maximum absolute atomic E-state index is 13.2. The molecule has 0 N–H and O–H groups in total. The number of hydrogen-bond acceptors (Lipinski definition) is 3. The average molecular weight is 372 g/mol. The lowest BCUT2D eigenvalue weighted by Gasteiger charge is -2.26. The summed E-state index contributed by atoms with van der Waals surface area (Å²) in [6, 6.07) is 24.4. The fraction of sp³-hybridized carbons (Fsp3) is 0.250. The van der Waals surface area contributed by atoms with Crippen LogP contribution in [0.15, 0.2) is 79.0 Å². The molecule has 2 heterocycles. The van der Waals surface area contributed by atoms with Gasteiger partial charge in [-0.15, -0.1) is 0 Å². The van der Waals surface area contributed by atoms with Gasteiger partial charge in [0.25, 0.3) is 0 Å². The first-order chi connectivity index (χ1) is 13.8. The number of carbonyl (C=O) groups excluding carboxylic acids is 1. The number of rotatable bonds is 6. The predicted octanol–water partition coefficient (Wildman–Crippen LogP) is 4.31. The highest BCUT2D eigenvalue weighted by Gasteiger charge is 2.28. The van der Waals surface area contributed by atoms with Crippen molar-refractivity contribution in [2.24, 2.45) is 5.92 Å². The zero-order valence-corrected chi connectivity index (χ0v) is 15.8. The van der Waals surface area contributed by atoms with Gasteiger partial charge in [-0.1, -0.05) is 60.7 Å². The number of aromatic nitrogens is 1. The van der Waals surface area contributed by atoms with E-state index in [-0.39, 0.29) is 11.8 Å². The number of pyridine rings is 1. The zero-order valence-electron chi connectivity index (χ0n) is 15.8. The summed E-state index contributed by atoms with van der Waals surface area (Å²) in [5.41, 5.74) is 4.35. The normalized spacial score (nSPS) is 16.1. The molecule has 1 aromatic heterocycles. The van der Waals surface area contributed by atoms with Gasteiger partial charge in [0.05, 0.1) is 24.8 Å². The van der Waals surface area contributed by atoms with Crippen LogP contribution in [0.3, 0.4) is 0 Å². The minimum atomic E-state index is -0.0624. The molecular weight excluding hydrogens is 348 g/mol. The maximum Gasteiger partial charge on any atom is 0.228 e. The Morgan fingerprint density at radius 3 is 2.50 bits per heavy atom. The van der Waals surface area contributed by atoms with Crippen LogP contribution in [-0.2, 0) is 22.6 Å². The topological polar surface area (TPSA) is 42.4 Å². The highest BCUT2D eigenvalue weighted by atomic mass is 16.5. The van der Waals surface area contributed by atoms with E-state index < -0.39 is 0 Å². The smallest absolute Gasteiger partial charge is 0.228 e. The molecule has 0 bridgehead atoms. The van der Waals surface area contributed by atoms with Crippen molar-refractivity contribution in [2.75, 3.05) is 13.2 Å². The summed E-state index contributed by atoms with van der Waals surface area (Å²) in [6.45, 7) is 2.22. The van der Waals surface area contributed by atoms with Crippen LogP contribution in [0.25, 0.3) is 11.1 Å². The second-order valence-corrected chi connectivity index (χ2v) is 7.10. The van der Waals surface area contributed by atoms with E-state index in [0.29, 0.717) is 26.3 Å². The Morgan fingerprint density at radius 2 is 1.75 bits per heavy atom. The summed E-state index contributed by atoms with van der Waals surface area (Å²) in [5, 5.41) is 0. The lowest BCUT2D eigenvalue weighted by atomic mass is 9.98. The summed E-state index contributed by atoms with van der Waals surface area (Å²) in [4.78, 5) is 19.6. The molecule has 3 aromatic rings. The molecule has 1 aliphatic rings. The quantitative estimate of drug-likeness (QED) is 0.647. The van der Waals surface area contributed by atoms with E-state index in [1.54, 1.807) is 6.20 Å². The Hall–Kier alpha value is -2.98. The molecule has 4 heteroatoms. The van der Waals surface area contributed by atoms with Gasteiger partial charge < -0.3 is 9.64 Å². The number of benzene rings is 2. The van der Waals surface area contributed by atoms with E-state index in [1.807, 2.05) is 53.4 Å². The summed E-state index contributed by atoms with van der Waals surface area (Å²) >= 11 is 0. The molecule has 1 saturated heterocycles. The van der Waals surface area contributed by atoms with E-state index in [0.717, 1.165) is 28.8 Å². The molecule has 4 rings (SSSR count). The van der Waals surface area contributed by atoms with Crippen LogP contribution < -0.4 is 0 Å². The molecule has 0 saturated carbocycles. The van der Waals surface area contributed by atoms with Gasteiger partial charge >= 0.3 is 0 Å². The van der Waals surface area contributed by atoms with Crippen molar-refractivity contribution in [3.63, 3.8) is 0 Å². The molecule has 0 unspecified atom stereocenters. The largest absolute Gasteiger partial charge is 0.381 e. The van der Waals surface area contributed by atoms with E-state index in [1.165, 1.54) is 0 Å². The molecule has 0 aliphatic carbocycles. The van der Waals surface area contributed by atoms with Crippen LogP contribution in [0, 0.1) is 5.92 Å². The number of amides is 1. The fourth-order valence-electron chi connectivity index (χ4n) is 3.65. The minimum Gasteiger partial charge on any atom is -0.381 e. The minimum absolute atomic E-state index is 0.0624. The van der Waals surface area contributed by atoms with Gasteiger partial charge in [-0.3, -0.25) is 9.78 Å². The Morgan fingerprint density at radius 1 is 0.964 bits per heavy atom. The van der Waals surface area contributed by atoms with E-state index in [9.17, 15) is 4.79 Å². The SMILES string of the molecule is O=C([C@@H]1CCOC1)N(Cc1ccccn1)Cc1ccccc1-c1ccccc1. The first-order valence-electron chi connectivity index (χ1n) is 9.71.